The van der Waals surface area contributed by atoms with E-state index >= 15 is 0 Å². The number of hydrogen-bond acceptors (Lipinski definition) is 5. The Kier molecular flexibility index (Phi) is 4.96. The minimum atomic E-state index is 0.236. The van der Waals surface area contributed by atoms with Gasteiger partial charge in [0.05, 0.1) is 0 Å². The molecule has 0 radical (unpaired) electrons. The fourth-order valence-corrected chi connectivity index (χ4v) is 2.73. The van der Waals surface area contributed by atoms with Gasteiger partial charge >= 0.3 is 0 Å². The zero-order chi connectivity index (χ0) is 13.7. The number of nitrogens with one attached hydrogen (secondary N) is 1. The number of aryl methyl sites for hydroxylation is 1. The molecule has 0 bridgehead atoms. The number of rotatable bonds is 5. The summed E-state index contributed by atoms with van der Waals surface area (Å²) in [6.07, 6.45) is 6.42. The average molecular weight is 264 g/mol. The van der Waals surface area contributed by atoms with E-state index in [4.69, 9.17) is 5.73 Å². The maximum atomic E-state index is 9.44. The summed E-state index contributed by atoms with van der Waals surface area (Å²) in [6.45, 7) is 2.34. The molecule has 0 spiro atoms. The lowest BCUT2D eigenvalue weighted by atomic mass is 9.85. The molecule has 4 N–H and O–H groups in total. The smallest absolute Gasteiger partial charge is 0.133 e. The van der Waals surface area contributed by atoms with Crippen molar-refractivity contribution >= 4 is 11.6 Å². The van der Waals surface area contributed by atoms with Crippen molar-refractivity contribution in [3.63, 3.8) is 0 Å². The Balaban J connectivity index is 2.08. The zero-order valence-electron chi connectivity index (χ0n) is 11.6. The fraction of sp³-hybridized carbons (Fsp3) is 0.714. The molecule has 19 heavy (non-hydrogen) atoms. The van der Waals surface area contributed by atoms with Crippen molar-refractivity contribution in [3.8, 4) is 0 Å². The SMILES string of the molecule is CCCc1nc(N)cc(NC2CCCCC2CO)n1. The number of aromatic nitrogens is 2. The van der Waals surface area contributed by atoms with E-state index < -0.39 is 0 Å². The van der Waals surface area contributed by atoms with E-state index in [0.717, 1.165) is 37.3 Å². The summed E-state index contributed by atoms with van der Waals surface area (Å²) in [7, 11) is 0. The van der Waals surface area contributed by atoms with Crippen molar-refractivity contribution in [1.82, 2.24) is 9.97 Å². The second-order valence-corrected chi connectivity index (χ2v) is 5.32. The van der Waals surface area contributed by atoms with Gasteiger partial charge in [0, 0.05) is 31.1 Å². The first-order valence-corrected chi connectivity index (χ1v) is 7.23. The summed E-state index contributed by atoms with van der Waals surface area (Å²) in [5.74, 6) is 2.42. The van der Waals surface area contributed by atoms with Gasteiger partial charge in [-0.3, -0.25) is 0 Å². The molecule has 2 unspecified atom stereocenters. The normalized spacial score (nSPS) is 23.3. The van der Waals surface area contributed by atoms with E-state index in [-0.39, 0.29) is 6.61 Å². The number of aliphatic hydroxyl groups is 1. The zero-order valence-corrected chi connectivity index (χ0v) is 11.6. The first kappa shape index (κ1) is 14.1. The van der Waals surface area contributed by atoms with E-state index in [0.29, 0.717) is 17.8 Å². The van der Waals surface area contributed by atoms with Gasteiger partial charge in [-0.1, -0.05) is 19.8 Å². The quantitative estimate of drug-likeness (QED) is 0.757. The maximum absolute atomic E-state index is 9.44. The van der Waals surface area contributed by atoms with Crippen molar-refractivity contribution in [2.24, 2.45) is 5.92 Å². The summed E-state index contributed by atoms with van der Waals surface area (Å²) in [6, 6.07) is 2.07. The van der Waals surface area contributed by atoms with Crippen LogP contribution < -0.4 is 11.1 Å². The third-order valence-electron chi connectivity index (χ3n) is 3.74. The highest BCUT2D eigenvalue weighted by Gasteiger charge is 2.24. The molecule has 5 nitrogen and oxygen atoms in total. The van der Waals surface area contributed by atoms with E-state index in [1.54, 1.807) is 6.07 Å². The molecule has 1 aromatic heterocycles. The van der Waals surface area contributed by atoms with Gasteiger partial charge in [-0.2, -0.15) is 0 Å². The van der Waals surface area contributed by atoms with Crippen LogP contribution in [0.4, 0.5) is 11.6 Å². The molecule has 2 atom stereocenters. The predicted octanol–water partition coefficient (Wildman–Crippen LogP) is 1.97. The van der Waals surface area contributed by atoms with E-state index in [1.807, 2.05) is 0 Å². The molecule has 1 aromatic rings. The molecule has 1 saturated carbocycles. The lowest BCUT2D eigenvalue weighted by molar-refractivity contribution is 0.178. The molecular weight excluding hydrogens is 240 g/mol. The first-order chi connectivity index (χ1) is 9.22. The van der Waals surface area contributed by atoms with Gasteiger partial charge in [-0.15, -0.1) is 0 Å². The van der Waals surface area contributed by atoms with Crippen LogP contribution in [0.3, 0.4) is 0 Å². The maximum Gasteiger partial charge on any atom is 0.133 e. The summed E-state index contributed by atoms with van der Waals surface area (Å²) in [4.78, 5) is 8.74. The minimum absolute atomic E-state index is 0.236. The molecule has 5 heteroatoms. The summed E-state index contributed by atoms with van der Waals surface area (Å²) >= 11 is 0. The van der Waals surface area contributed by atoms with Crippen LogP contribution in [0.25, 0.3) is 0 Å². The molecule has 1 heterocycles. The molecular formula is C14H24N4O. The van der Waals surface area contributed by atoms with Gasteiger partial charge in [-0.25, -0.2) is 9.97 Å². The van der Waals surface area contributed by atoms with E-state index in [9.17, 15) is 5.11 Å². The Labute approximate surface area is 114 Å². The first-order valence-electron chi connectivity index (χ1n) is 7.23. The standard InChI is InChI=1S/C14H24N4O/c1-2-5-13-17-12(15)8-14(18-13)16-11-7-4-3-6-10(11)9-19/h8,10-11,19H,2-7,9H2,1H3,(H3,15,16,17,18). The number of nitrogens with zero attached hydrogens (tertiary/aromatic N) is 2. The number of nitrogens with two attached hydrogens (primary N) is 1. The van der Waals surface area contributed by atoms with Crippen LogP contribution in [-0.2, 0) is 6.42 Å². The van der Waals surface area contributed by atoms with Crippen molar-refractivity contribution in [2.75, 3.05) is 17.7 Å². The van der Waals surface area contributed by atoms with E-state index in [2.05, 4.69) is 22.2 Å². The van der Waals surface area contributed by atoms with Crippen LogP contribution in [-0.4, -0.2) is 27.7 Å². The molecule has 1 aliphatic carbocycles. The molecule has 0 aliphatic heterocycles. The summed E-state index contributed by atoms with van der Waals surface area (Å²) < 4.78 is 0. The third kappa shape index (κ3) is 3.80. The van der Waals surface area contributed by atoms with Gasteiger partial charge in [0.25, 0.3) is 0 Å². The Bertz CT molecular complexity index is 410. The topological polar surface area (TPSA) is 84.1 Å². The minimum Gasteiger partial charge on any atom is -0.396 e. The van der Waals surface area contributed by atoms with Crippen molar-refractivity contribution < 1.29 is 5.11 Å². The molecule has 0 amide bonds. The molecule has 0 aromatic carbocycles. The van der Waals surface area contributed by atoms with Crippen LogP contribution in [0, 0.1) is 5.92 Å². The van der Waals surface area contributed by atoms with Gasteiger partial charge in [-0.05, 0) is 19.3 Å². The highest BCUT2D eigenvalue weighted by Crippen LogP contribution is 2.26. The second-order valence-electron chi connectivity index (χ2n) is 5.32. The summed E-state index contributed by atoms with van der Waals surface area (Å²) in [5, 5.41) is 12.9. The third-order valence-corrected chi connectivity index (χ3v) is 3.74. The number of nitrogen functional groups attached to an aromatic ring is 1. The van der Waals surface area contributed by atoms with Crippen LogP contribution >= 0.6 is 0 Å². The lowest BCUT2D eigenvalue weighted by Gasteiger charge is -2.31. The van der Waals surface area contributed by atoms with Gasteiger partial charge < -0.3 is 16.2 Å². The molecule has 106 valence electrons. The molecule has 2 rings (SSSR count). The summed E-state index contributed by atoms with van der Waals surface area (Å²) in [5.41, 5.74) is 5.82. The van der Waals surface area contributed by atoms with Crippen molar-refractivity contribution in [1.29, 1.82) is 0 Å². The Morgan fingerprint density at radius 1 is 1.37 bits per heavy atom. The van der Waals surface area contributed by atoms with Gasteiger partial charge in [0.15, 0.2) is 0 Å². The van der Waals surface area contributed by atoms with Crippen LogP contribution in [0.2, 0.25) is 0 Å². The largest absolute Gasteiger partial charge is 0.396 e. The number of hydrogen-bond donors (Lipinski definition) is 3. The van der Waals surface area contributed by atoms with Crippen molar-refractivity contribution in [2.45, 2.75) is 51.5 Å². The monoisotopic (exact) mass is 264 g/mol. The average Bonchev–Trinajstić information content (AvgIpc) is 2.39. The predicted molar refractivity (Wildman–Crippen MR) is 76.9 cm³/mol. The van der Waals surface area contributed by atoms with E-state index in [1.165, 1.54) is 12.8 Å². The number of aliphatic hydroxyl groups excluding tert-OH is 1. The van der Waals surface area contributed by atoms with Crippen LogP contribution in [0.5, 0.6) is 0 Å². The highest BCUT2D eigenvalue weighted by atomic mass is 16.3. The van der Waals surface area contributed by atoms with Gasteiger partial charge in [0.1, 0.15) is 17.5 Å². The lowest BCUT2D eigenvalue weighted by Crippen LogP contribution is -2.34. The number of anilines is 2. The Morgan fingerprint density at radius 3 is 2.89 bits per heavy atom. The van der Waals surface area contributed by atoms with Crippen LogP contribution in [0.15, 0.2) is 6.07 Å². The fourth-order valence-electron chi connectivity index (χ4n) is 2.73. The van der Waals surface area contributed by atoms with Gasteiger partial charge in [0.2, 0.25) is 0 Å². The molecule has 0 saturated heterocycles. The molecule has 1 fully saturated rings. The Morgan fingerprint density at radius 2 is 2.16 bits per heavy atom. The Hall–Kier alpha value is -1.36. The highest BCUT2D eigenvalue weighted by molar-refractivity contribution is 5.45. The van der Waals surface area contributed by atoms with Crippen molar-refractivity contribution in [3.05, 3.63) is 11.9 Å². The van der Waals surface area contributed by atoms with Crippen LogP contribution in [0.1, 0.15) is 44.9 Å². The molecule has 1 aliphatic rings. The second kappa shape index (κ2) is 6.70.